The number of hydrogen-bond acceptors (Lipinski definition) is 5. The first-order valence-corrected chi connectivity index (χ1v) is 12.9. The van der Waals surface area contributed by atoms with Gasteiger partial charge in [0.05, 0.1) is 12.2 Å². The number of hydrogen-bond donors (Lipinski definition) is 1. The fraction of sp³-hybridized carbons (Fsp3) is 0.323. The Morgan fingerprint density at radius 2 is 1.63 bits per heavy atom. The molecule has 3 aromatic rings. The van der Waals surface area contributed by atoms with Crippen LogP contribution in [0.5, 0.6) is 5.75 Å². The monoisotopic (exact) mass is 516 g/mol. The molecule has 2 amide bonds. The van der Waals surface area contributed by atoms with E-state index in [4.69, 9.17) is 9.47 Å². The van der Waals surface area contributed by atoms with Crippen molar-refractivity contribution in [2.75, 3.05) is 23.4 Å². The highest BCUT2D eigenvalue weighted by molar-refractivity contribution is 6.04. The molecule has 200 valence electrons. The van der Waals surface area contributed by atoms with E-state index in [1.54, 1.807) is 18.2 Å². The molecule has 0 heterocycles. The number of nitrogens with zero attached hydrogens (tertiary/aromatic N) is 1. The van der Waals surface area contributed by atoms with Crippen molar-refractivity contribution in [2.24, 2.45) is 5.92 Å². The summed E-state index contributed by atoms with van der Waals surface area (Å²) < 4.78 is 11.2. The third-order valence-electron chi connectivity index (χ3n) is 6.15. The van der Waals surface area contributed by atoms with Gasteiger partial charge in [-0.2, -0.15) is 0 Å². The van der Waals surface area contributed by atoms with Crippen LogP contribution >= 0.6 is 0 Å². The van der Waals surface area contributed by atoms with Gasteiger partial charge in [0.25, 0.3) is 0 Å². The maximum Gasteiger partial charge on any atom is 0.414 e. The van der Waals surface area contributed by atoms with E-state index in [1.807, 2.05) is 89.2 Å². The van der Waals surface area contributed by atoms with Gasteiger partial charge >= 0.3 is 6.09 Å². The molecule has 0 radical (unpaired) electrons. The zero-order valence-corrected chi connectivity index (χ0v) is 22.7. The molecule has 0 saturated heterocycles. The average Bonchev–Trinajstić information content (AvgIpc) is 2.93. The molecule has 1 N–H and O–H groups in total. The molecular formula is C31H36N2O5. The van der Waals surface area contributed by atoms with Crippen LogP contribution in [0.15, 0.2) is 72.8 Å². The summed E-state index contributed by atoms with van der Waals surface area (Å²) >= 11 is 0. The Hall–Kier alpha value is -4.13. The summed E-state index contributed by atoms with van der Waals surface area (Å²) in [6.07, 6.45) is -0.459. The maximum atomic E-state index is 13.7. The van der Waals surface area contributed by atoms with Crippen LogP contribution in [0.25, 0.3) is 0 Å². The van der Waals surface area contributed by atoms with Gasteiger partial charge < -0.3 is 14.8 Å². The molecule has 0 aliphatic carbocycles. The highest BCUT2D eigenvalue weighted by atomic mass is 16.6. The van der Waals surface area contributed by atoms with Crippen LogP contribution in [0, 0.1) is 5.92 Å². The quantitative estimate of drug-likeness (QED) is 0.282. The van der Waals surface area contributed by atoms with Gasteiger partial charge in [-0.05, 0) is 55.3 Å². The van der Waals surface area contributed by atoms with E-state index >= 15 is 0 Å². The lowest BCUT2D eigenvalue weighted by Crippen LogP contribution is -2.31. The highest BCUT2D eigenvalue weighted by Gasteiger charge is 2.24. The molecule has 38 heavy (non-hydrogen) atoms. The molecule has 0 saturated carbocycles. The summed E-state index contributed by atoms with van der Waals surface area (Å²) in [6.45, 7) is 10.1. The van der Waals surface area contributed by atoms with Crippen LogP contribution in [-0.4, -0.2) is 30.9 Å². The molecule has 1 atom stereocenters. The van der Waals surface area contributed by atoms with Gasteiger partial charge in [0.2, 0.25) is 5.91 Å². The molecule has 0 aliphatic heterocycles. The summed E-state index contributed by atoms with van der Waals surface area (Å²) in [5.41, 5.74) is 3.23. The van der Waals surface area contributed by atoms with E-state index in [0.29, 0.717) is 35.8 Å². The molecular weight excluding hydrogens is 480 g/mol. The van der Waals surface area contributed by atoms with Gasteiger partial charge in [0.1, 0.15) is 12.4 Å². The second-order valence-electron chi connectivity index (χ2n) is 9.25. The topological polar surface area (TPSA) is 84.9 Å². The van der Waals surface area contributed by atoms with Crippen molar-refractivity contribution in [3.63, 3.8) is 0 Å². The highest BCUT2D eigenvalue weighted by Crippen LogP contribution is 2.31. The van der Waals surface area contributed by atoms with Gasteiger partial charge in [-0.3, -0.25) is 14.5 Å². The number of benzene rings is 3. The lowest BCUT2D eigenvalue weighted by Gasteiger charge is -2.22. The van der Waals surface area contributed by atoms with Crippen LogP contribution < -0.4 is 15.0 Å². The molecule has 1 unspecified atom stereocenters. The fourth-order valence-corrected chi connectivity index (χ4v) is 3.93. The largest absolute Gasteiger partial charge is 0.493 e. The lowest BCUT2D eigenvalue weighted by atomic mass is 9.91. The average molecular weight is 517 g/mol. The Labute approximate surface area is 224 Å². The molecule has 0 aliphatic rings. The molecule has 3 rings (SSSR count). The van der Waals surface area contributed by atoms with Crippen molar-refractivity contribution < 1.29 is 23.9 Å². The summed E-state index contributed by atoms with van der Waals surface area (Å²) in [5, 5.41) is 2.85. The predicted molar refractivity (Wildman–Crippen MR) is 150 cm³/mol. The SMILES string of the molecule is CCOc1ccc(NC(=O)C(C)C)cc1C(=O)C(C)c1cccc(N(CC)C(=O)OCc2ccccc2)c1. The number of ether oxygens (including phenoxy) is 2. The number of Topliss-reactive ketones (excluding diaryl/α,β-unsaturated/α-hetero) is 1. The van der Waals surface area contributed by atoms with E-state index < -0.39 is 12.0 Å². The normalized spacial score (nSPS) is 11.5. The van der Waals surface area contributed by atoms with E-state index in [2.05, 4.69) is 5.32 Å². The molecule has 0 bridgehead atoms. The second kappa shape index (κ2) is 13.4. The van der Waals surface area contributed by atoms with Gasteiger partial charge in [0.15, 0.2) is 5.78 Å². The van der Waals surface area contributed by atoms with Gasteiger partial charge in [-0.25, -0.2) is 4.79 Å². The zero-order chi connectivity index (χ0) is 27.7. The third-order valence-corrected chi connectivity index (χ3v) is 6.15. The lowest BCUT2D eigenvalue weighted by molar-refractivity contribution is -0.118. The first kappa shape index (κ1) is 28.4. The minimum absolute atomic E-state index is 0.132. The smallest absolute Gasteiger partial charge is 0.414 e. The van der Waals surface area contributed by atoms with Crippen LogP contribution in [0.3, 0.4) is 0 Å². The number of amides is 2. The summed E-state index contributed by atoms with van der Waals surface area (Å²) in [4.78, 5) is 40.3. The molecule has 7 heteroatoms. The molecule has 7 nitrogen and oxygen atoms in total. The fourth-order valence-electron chi connectivity index (χ4n) is 3.93. The van der Waals surface area contributed by atoms with Crippen molar-refractivity contribution in [2.45, 2.75) is 47.1 Å². The van der Waals surface area contributed by atoms with Crippen molar-refractivity contribution in [3.05, 3.63) is 89.5 Å². The Bertz CT molecular complexity index is 1260. The maximum absolute atomic E-state index is 13.7. The van der Waals surface area contributed by atoms with Crippen molar-refractivity contribution in [1.82, 2.24) is 0 Å². The number of ketones is 1. The van der Waals surface area contributed by atoms with E-state index in [-0.39, 0.29) is 24.2 Å². The number of anilines is 2. The zero-order valence-electron chi connectivity index (χ0n) is 22.7. The third kappa shape index (κ3) is 7.22. The summed E-state index contributed by atoms with van der Waals surface area (Å²) in [7, 11) is 0. The number of carbonyl (C=O) groups is 3. The van der Waals surface area contributed by atoms with Crippen molar-refractivity contribution in [1.29, 1.82) is 0 Å². The second-order valence-corrected chi connectivity index (χ2v) is 9.25. The Kier molecular flexibility index (Phi) is 10.0. The van der Waals surface area contributed by atoms with Gasteiger partial charge in [0, 0.05) is 29.8 Å². The summed E-state index contributed by atoms with van der Waals surface area (Å²) in [5.74, 6) is -0.539. The standard InChI is InChI=1S/C31H36N2O5/c1-6-33(31(36)38-20-23-12-9-8-10-13-23)26-15-11-14-24(18-26)22(5)29(34)27-19-25(32-30(35)21(3)4)16-17-28(27)37-7-2/h8-19,21-22H,6-7,20H2,1-5H3,(H,32,35). The minimum atomic E-state index is -0.524. The minimum Gasteiger partial charge on any atom is -0.493 e. The van der Waals surface area contributed by atoms with Crippen LogP contribution in [0.1, 0.15) is 62.0 Å². The van der Waals surface area contributed by atoms with Crippen molar-refractivity contribution >= 4 is 29.2 Å². The Morgan fingerprint density at radius 3 is 2.29 bits per heavy atom. The Morgan fingerprint density at radius 1 is 0.895 bits per heavy atom. The number of carbonyl (C=O) groups excluding carboxylic acids is 3. The van der Waals surface area contributed by atoms with E-state index in [0.717, 1.165) is 11.1 Å². The Balaban J connectivity index is 1.82. The molecule has 3 aromatic carbocycles. The van der Waals surface area contributed by atoms with Crippen LogP contribution in [0.4, 0.5) is 16.2 Å². The molecule has 0 spiro atoms. The molecule has 0 fully saturated rings. The van der Waals surface area contributed by atoms with Gasteiger partial charge in [-0.15, -0.1) is 0 Å². The van der Waals surface area contributed by atoms with Gasteiger partial charge in [-0.1, -0.05) is 63.2 Å². The van der Waals surface area contributed by atoms with Crippen molar-refractivity contribution in [3.8, 4) is 5.75 Å². The van der Waals surface area contributed by atoms with Crippen LogP contribution in [-0.2, 0) is 16.1 Å². The van der Waals surface area contributed by atoms with E-state index in [9.17, 15) is 14.4 Å². The first-order valence-electron chi connectivity index (χ1n) is 12.9. The number of rotatable bonds is 11. The molecule has 0 aromatic heterocycles. The summed E-state index contributed by atoms with van der Waals surface area (Å²) in [6, 6.07) is 21.9. The van der Waals surface area contributed by atoms with Crippen LogP contribution in [0.2, 0.25) is 0 Å². The predicted octanol–water partition coefficient (Wildman–Crippen LogP) is 6.83. The number of nitrogens with one attached hydrogen (secondary N) is 1. The van der Waals surface area contributed by atoms with E-state index in [1.165, 1.54) is 4.90 Å². The first-order chi connectivity index (χ1) is 18.2.